The molecule has 2 atom stereocenters. The first-order valence-corrected chi connectivity index (χ1v) is 27.9. The zero-order valence-electron chi connectivity index (χ0n) is 42.3. The van der Waals surface area contributed by atoms with E-state index < -0.39 is 6.10 Å². The molecule has 0 aliphatic heterocycles. The molecule has 0 aliphatic carbocycles. The summed E-state index contributed by atoms with van der Waals surface area (Å²) in [7, 11) is 0. The molecule has 0 N–H and O–H groups in total. The van der Waals surface area contributed by atoms with Gasteiger partial charge in [-0.15, -0.1) is 0 Å². The summed E-state index contributed by atoms with van der Waals surface area (Å²) in [4.78, 5) is 37.7. The predicted octanol–water partition coefficient (Wildman–Crippen LogP) is 18.2. The lowest BCUT2D eigenvalue weighted by molar-refractivity contribution is -0.167. The molecule has 0 rings (SSSR count). The van der Waals surface area contributed by atoms with Crippen molar-refractivity contribution >= 4 is 17.9 Å². The Labute approximate surface area is 387 Å². The van der Waals surface area contributed by atoms with Gasteiger partial charge in [0.1, 0.15) is 13.2 Å². The van der Waals surface area contributed by atoms with Gasteiger partial charge in [-0.25, -0.2) is 0 Å². The highest BCUT2D eigenvalue weighted by Crippen LogP contribution is 2.18. The third kappa shape index (κ3) is 47.9. The first-order chi connectivity index (χ1) is 30.4. The van der Waals surface area contributed by atoms with E-state index in [-0.39, 0.29) is 31.1 Å². The maximum Gasteiger partial charge on any atom is 0.306 e. The van der Waals surface area contributed by atoms with E-state index in [0.29, 0.717) is 19.3 Å². The fourth-order valence-electron chi connectivity index (χ4n) is 8.54. The molecule has 0 bridgehead atoms. The number of hydrogen-bond donors (Lipinski definition) is 0. The van der Waals surface area contributed by atoms with Crippen molar-refractivity contribution in [2.24, 2.45) is 5.92 Å². The van der Waals surface area contributed by atoms with Crippen molar-refractivity contribution in [3.05, 3.63) is 0 Å². The van der Waals surface area contributed by atoms with Crippen LogP contribution in [-0.2, 0) is 28.6 Å². The lowest BCUT2D eigenvalue weighted by Gasteiger charge is -2.18. The van der Waals surface area contributed by atoms with Crippen molar-refractivity contribution in [2.75, 3.05) is 13.2 Å². The second-order valence-corrected chi connectivity index (χ2v) is 19.5. The molecule has 62 heavy (non-hydrogen) atoms. The van der Waals surface area contributed by atoms with Crippen molar-refractivity contribution in [1.82, 2.24) is 0 Å². The van der Waals surface area contributed by atoms with Gasteiger partial charge in [0.25, 0.3) is 0 Å². The van der Waals surface area contributed by atoms with Gasteiger partial charge in [0.15, 0.2) is 6.10 Å². The number of carbonyl (C=O) groups excluding carboxylic acids is 3. The third-order valence-electron chi connectivity index (χ3n) is 13.2. The Morgan fingerprint density at radius 1 is 0.323 bits per heavy atom. The molecule has 6 heteroatoms. The zero-order chi connectivity index (χ0) is 45.2. The van der Waals surface area contributed by atoms with Crippen LogP contribution in [0, 0.1) is 5.92 Å². The van der Waals surface area contributed by atoms with E-state index in [1.54, 1.807) is 0 Å². The van der Waals surface area contributed by atoms with Gasteiger partial charge in [0.2, 0.25) is 0 Å². The van der Waals surface area contributed by atoms with Crippen LogP contribution in [0.1, 0.15) is 317 Å². The number of hydrogen-bond acceptors (Lipinski definition) is 6. The molecule has 0 aromatic carbocycles. The Hall–Kier alpha value is -1.59. The molecule has 0 saturated carbocycles. The Morgan fingerprint density at radius 3 is 0.839 bits per heavy atom. The van der Waals surface area contributed by atoms with E-state index in [1.165, 1.54) is 205 Å². The van der Waals surface area contributed by atoms with Gasteiger partial charge in [-0.1, -0.05) is 278 Å². The Kier molecular flexibility index (Phi) is 49.1. The Morgan fingerprint density at radius 2 is 0.565 bits per heavy atom. The van der Waals surface area contributed by atoms with Crippen LogP contribution < -0.4 is 0 Å². The van der Waals surface area contributed by atoms with Gasteiger partial charge in [0, 0.05) is 19.3 Å². The molecule has 368 valence electrons. The maximum atomic E-state index is 12.8. The fraction of sp³-hybridized carbons (Fsp3) is 0.946. The van der Waals surface area contributed by atoms with Gasteiger partial charge in [0.05, 0.1) is 0 Å². The average molecular weight is 877 g/mol. The quantitative estimate of drug-likeness (QED) is 0.0344. The molecule has 1 unspecified atom stereocenters. The molecule has 0 saturated heterocycles. The molecule has 6 nitrogen and oxygen atoms in total. The van der Waals surface area contributed by atoms with Crippen LogP contribution in [0.2, 0.25) is 0 Å². The third-order valence-corrected chi connectivity index (χ3v) is 13.2. The van der Waals surface area contributed by atoms with Crippen LogP contribution in [0.3, 0.4) is 0 Å². The molecule has 0 aromatic heterocycles. The molecular formula is C56H108O6. The molecule has 0 amide bonds. The maximum absolute atomic E-state index is 12.8. The highest BCUT2D eigenvalue weighted by molar-refractivity contribution is 5.71. The smallest absolute Gasteiger partial charge is 0.306 e. The number of esters is 3. The van der Waals surface area contributed by atoms with Gasteiger partial charge in [-0.2, -0.15) is 0 Å². The number of rotatable bonds is 51. The average Bonchev–Trinajstić information content (AvgIpc) is 3.27. The summed E-state index contributed by atoms with van der Waals surface area (Å²) in [5.41, 5.74) is 0. The molecule has 0 aliphatic rings. The zero-order valence-corrected chi connectivity index (χ0v) is 42.3. The molecule has 0 aromatic rings. The first-order valence-electron chi connectivity index (χ1n) is 27.9. The minimum Gasteiger partial charge on any atom is -0.462 e. The predicted molar refractivity (Wildman–Crippen MR) is 266 cm³/mol. The summed E-state index contributed by atoms with van der Waals surface area (Å²) < 4.78 is 16.7. The van der Waals surface area contributed by atoms with Crippen LogP contribution in [0.4, 0.5) is 0 Å². The van der Waals surface area contributed by atoms with Gasteiger partial charge >= 0.3 is 17.9 Å². The van der Waals surface area contributed by atoms with Gasteiger partial charge in [-0.05, 0) is 25.2 Å². The summed E-state index contributed by atoms with van der Waals surface area (Å²) >= 11 is 0. The Balaban J connectivity index is 4.04. The van der Waals surface area contributed by atoms with E-state index in [2.05, 4.69) is 27.7 Å². The Bertz CT molecular complexity index is 935. The lowest BCUT2D eigenvalue weighted by atomic mass is 9.99. The van der Waals surface area contributed by atoms with E-state index in [0.717, 1.165) is 70.1 Å². The number of unbranched alkanes of at least 4 members (excludes halogenated alkanes) is 37. The van der Waals surface area contributed by atoms with Crippen LogP contribution in [0.15, 0.2) is 0 Å². The largest absolute Gasteiger partial charge is 0.462 e. The van der Waals surface area contributed by atoms with Gasteiger partial charge < -0.3 is 14.2 Å². The minimum atomic E-state index is -0.759. The van der Waals surface area contributed by atoms with E-state index in [4.69, 9.17) is 14.2 Å². The van der Waals surface area contributed by atoms with E-state index in [1.807, 2.05) is 0 Å². The highest BCUT2D eigenvalue weighted by atomic mass is 16.6. The highest BCUT2D eigenvalue weighted by Gasteiger charge is 2.19. The number of carbonyl (C=O) groups is 3. The van der Waals surface area contributed by atoms with Crippen molar-refractivity contribution in [1.29, 1.82) is 0 Å². The summed E-state index contributed by atoms with van der Waals surface area (Å²) in [6, 6.07) is 0. The van der Waals surface area contributed by atoms with E-state index >= 15 is 0 Å². The van der Waals surface area contributed by atoms with Crippen LogP contribution in [0.25, 0.3) is 0 Å². The molecule has 0 fully saturated rings. The van der Waals surface area contributed by atoms with Crippen molar-refractivity contribution < 1.29 is 28.6 Å². The van der Waals surface area contributed by atoms with Crippen molar-refractivity contribution in [3.8, 4) is 0 Å². The monoisotopic (exact) mass is 877 g/mol. The normalized spacial score (nSPS) is 12.4. The molecule has 0 heterocycles. The van der Waals surface area contributed by atoms with Crippen molar-refractivity contribution in [3.63, 3.8) is 0 Å². The number of ether oxygens (including phenoxy) is 3. The minimum absolute atomic E-state index is 0.0634. The molecule has 0 radical (unpaired) electrons. The molecule has 0 spiro atoms. The standard InChI is InChI=1S/C56H108O6/c1-5-8-10-12-13-14-15-16-17-20-25-28-31-34-37-41-45-49-56(59)62-53(50-60-54(57)47-43-38-11-9-6-2)51-61-55(58)48-44-40-36-33-30-27-24-22-19-18-21-23-26-29-32-35-39-42-46-52(4)7-3/h52-53H,5-51H2,1-4H3/t52?,53-/m0/s1. The van der Waals surface area contributed by atoms with Gasteiger partial charge in [-0.3, -0.25) is 14.4 Å². The molecular weight excluding hydrogens is 769 g/mol. The fourth-order valence-corrected chi connectivity index (χ4v) is 8.54. The topological polar surface area (TPSA) is 78.9 Å². The summed E-state index contributed by atoms with van der Waals surface area (Å²) in [5.74, 6) is 0.0554. The van der Waals surface area contributed by atoms with Crippen LogP contribution in [0.5, 0.6) is 0 Å². The summed E-state index contributed by atoms with van der Waals surface area (Å²) in [6.45, 7) is 9.02. The van der Waals surface area contributed by atoms with Crippen LogP contribution in [-0.4, -0.2) is 37.2 Å². The second-order valence-electron chi connectivity index (χ2n) is 19.5. The van der Waals surface area contributed by atoms with Crippen LogP contribution >= 0.6 is 0 Å². The van der Waals surface area contributed by atoms with E-state index in [9.17, 15) is 14.4 Å². The summed E-state index contributed by atoms with van der Waals surface area (Å²) in [5, 5.41) is 0. The van der Waals surface area contributed by atoms with Crippen molar-refractivity contribution in [2.45, 2.75) is 323 Å². The SMILES string of the molecule is CCCCCCCCCCCCCCCCCCCC(=O)O[C@@H](COC(=O)CCCCCCC)COC(=O)CCCCCCCCCCCCCCCCCCCCC(C)CC. The lowest BCUT2D eigenvalue weighted by Crippen LogP contribution is -2.30. The second kappa shape index (κ2) is 50.4. The first kappa shape index (κ1) is 60.4. The summed E-state index contributed by atoms with van der Waals surface area (Å²) in [6.07, 6.45) is 54.1.